The van der Waals surface area contributed by atoms with Gasteiger partial charge in [-0.2, -0.15) is 0 Å². The standard InChI is InChI=1S/C17H20O5/c18-8-2-1-3-13(14-6-4-11(19)9-16(14)21)15-7-5-12(20)10-17(15)22/h4-7,9-10,13,18-22H,1-3,8H2. The highest BCUT2D eigenvalue weighted by atomic mass is 16.3. The van der Waals surface area contributed by atoms with E-state index >= 15 is 0 Å². The SMILES string of the molecule is OCCCCC(c1ccc(O)cc1O)c1ccc(O)cc1O. The Kier molecular flexibility index (Phi) is 5.12. The zero-order chi connectivity index (χ0) is 16.1. The molecular weight excluding hydrogens is 284 g/mol. The van der Waals surface area contributed by atoms with E-state index in [9.17, 15) is 20.4 Å². The van der Waals surface area contributed by atoms with Gasteiger partial charge in [0.1, 0.15) is 23.0 Å². The van der Waals surface area contributed by atoms with Gasteiger partial charge < -0.3 is 25.5 Å². The molecule has 0 aliphatic rings. The molecule has 5 nitrogen and oxygen atoms in total. The Morgan fingerprint density at radius 3 is 1.64 bits per heavy atom. The first kappa shape index (κ1) is 16.0. The lowest BCUT2D eigenvalue weighted by atomic mass is 9.86. The molecule has 22 heavy (non-hydrogen) atoms. The molecule has 0 spiro atoms. The van der Waals surface area contributed by atoms with Crippen molar-refractivity contribution in [2.45, 2.75) is 25.2 Å². The number of aliphatic hydroxyl groups is 1. The average Bonchev–Trinajstić information content (AvgIpc) is 2.45. The number of phenolic OH excluding ortho intramolecular Hbond substituents is 4. The lowest BCUT2D eigenvalue weighted by molar-refractivity contribution is 0.282. The second-order valence-corrected chi connectivity index (χ2v) is 5.26. The smallest absolute Gasteiger partial charge is 0.123 e. The molecule has 2 aromatic carbocycles. The minimum absolute atomic E-state index is 0.0368. The number of benzene rings is 2. The van der Waals surface area contributed by atoms with E-state index in [1.807, 2.05) is 0 Å². The number of phenols is 4. The molecule has 0 heterocycles. The molecule has 0 radical (unpaired) electrons. The summed E-state index contributed by atoms with van der Waals surface area (Å²) < 4.78 is 0. The van der Waals surface area contributed by atoms with Crippen LogP contribution in [0.2, 0.25) is 0 Å². The summed E-state index contributed by atoms with van der Waals surface area (Å²) in [4.78, 5) is 0. The molecule has 118 valence electrons. The molecule has 0 aliphatic carbocycles. The largest absolute Gasteiger partial charge is 0.508 e. The molecule has 0 atom stereocenters. The molecule has 0 bridgehead atoms. The van der Waals surface area contributed by atoms with Crippen LogP contribution in [0.5, 0.6) is 23.0 Å². The molecule has 5 N–H and O–H groups in total. The van der Waals surface area contributed by atoms with E-state index in [-0.39, 0.29) is 35.5 Å². The summed E-state index contributed by atoms with van der Waals surface area (Å²) in [5.74, 6) is -0.480. The maximum absolute atomic E-state index is 10.1. The number of hydrogen-bond acceptors (Lipinski definition) is 5. The number of aliphatic hydroxyl groups excluding tert-OH is 1. The molecule has 2 aromatic rings. The third-order valence-electron chi connectivity index (χ3n) is 3.68. The zero-order valence-corrected chi connectivity index (χ0v) is 12.1. The number of aromatic hydroxyl groups is 4. The minimum atomic E-state index is -0.298. The summed E-state index contributed by atoms with van der Waals surface area (Å²) in [5.41, 5.74) is 1.16. The highest BCUT2D eigenvalue weighted by molar-refractivity contribution is 5.50. The maximum atomic E-state index is 10.1. The predicted octanol–water partition coefficient (Wildman–Crippen LogP) is 2.80. The summed E-state index contributed by atoms with van der Waals surface area (Å²) in [6.45, 7) is 0.0792. The van der Waals surface area contributed by atoms with Gasteiger partial charge in [-0.05, 0) is 25.0 Å². The molecule has 0 amide bonds. The fourth-order valence-corrected chi connectivity index (χ4v) is 2.59. The van der Waals surface area contributed by atoms with Crippen LogP contribution in [0.3, 0.4) is 0 Å². The van der Waals surface area contributed by atoms with Crippen molar-refractivity contribution in [3.05, 3.63) is 47.5 Å². The van der Waals surface area contributed by atoms with Gasteiger partial charge in [-0.3, -0.25) is 0 Å². The predicted molar refractivity (Wildman–Crippen MR) is 82.3 cm³/mol. The van der Waals surface area contributed by atoms with Crippen molar-refractivity contribution in [2.24, 2.45) is 0 Å². The van der Waals surface area contributed by atoms with Crippen LogP contribution >= 0.6 is 0 Å². The fraction of sp³-hybridized carbons (Fsp3) is 0.294. The van der Waals surface area contributed by atoms with Crippen LogP contribution in [0.25, 0.3) is 0 Å². The molecular formula is C17H20O5. The summed E-state index contributed by atoms with van der Waals surface area (Å²) >= 11 is 0. The van der Waals surface area contributed by atoms with Crippen molar-refractivity contribution in [2.75, 3.05) is 6.61 Å². The van der Waals surface area contributed by atoms with E-state index in [4.69, 9.17) is 5.11 Å². The van der Waals surface area contributed by atoms with Gasteiger partial charge >= 0.3 is 0 Å². The second kappa shape index (κ2) is 7.04. The summed E-state index contributed by atoms with van der Waals surface area (Å²) in [5, 5.41) is 47.9. The van der Waals surface area contributed by atoms with Crippen molar-refractivity contribution in [3.8, 4) is 23.0 Å². The molecule has 0 aromatic heterocycles. The van der Waals surface area contributed by atoms with Crippen LogP contribution in [0.1, 0.15) is 36.3 Å². The third kappa shape index (κ3) is 3.62. The van der Waals surface area contributed by atoms with Crippen LogP contribution in [0.15, 0.2) is 36.4 Å². The molecule has 5 heteroatoms. The van der Waals surface area contributed by atoms with Crippen molar-refractivity contribution in [3.63, 3.8) is 0 Å². The fourth-order valence-electron chi connectivity index (χ4n) is 2.59. The van der Waals surface area contributed by atoms with Crippen LogP contribution in [0.4, 0.5) is 0 Å². The Labute approximate surface area is 128 Å². The van der Waals surface area contributed by atoms with Crippen molar-refractivity contribution < 1.29 is 25.5 Å². The van der Waals surface area contributed by atoms with Gasteiger partial charge in [-0.25, -0.2) is 0 Å². The van der Waals surface area contributed by atoms with Gasteiger partial charge in [0, 0.05) is 35.8 Å². The van der Waals surface area contributed by atoms with Crippen LogP contribution in [0, 0.1) is 0 Å². The lowest BCUT2D eigenvalue weighted by Crippen LogP contribution is -2.03. The molecule has 0 unspecified atom stereocenters. The van der Waals surface area contributed by atoms with Gasteiger partial charge in [-0.15, -0.1) is 0 Å². The van der Waals surface area contributed by atoms with Gasteiger partial charge in [0.25, 0.3) is 0 Å². The number of rotatable bonds is 6. The quantitative estimate of drug-likeness (QED) is 0.528. The van der Waals surface area contributed by atoms with Gasteiger partial charge in [0.2, 0.25) is 0 Å². The van der Waals surface area contributed by atoms with E-state index in [1.165, 1.54) is 24.3 Å². The topological polar surface area (TPSA) is 101 Å². The lowest BCUT2D eigenvalue weighted by Gasteiger charge is -2.20. The van der Waals surface area contributed by atoms with Crippen molar-refractivity contribution >= 4 is 0 Å². The maximum Gasteiger partial charge on any atom is 0.123 e. The van der Waals surface area contributed by atoms with Gasteiger partial charge in [0.05, 0.1) is 0 Å². The molecule has 0 aliphatic heterocycles. The van der Waals surface area contributed by atoms with Crippen LogP contribution in [-0.4, -0.2) is 32.1 Å². The van der Waals surface area contributed by atoms with Crippen molar-refractivity contribution in [1.82, 2.24) is 0 Å². The van der Waals surface area contributed by atoms with E-state index in [0.29, 0.717) is 30.4 Å². The average molecular weight is 304 g/mol. The van der Waals surface area contributed by atoms with E-state index in [0.717, 1.165) is 0 Å². The Bertz CT molecular complexity index is 587. The normalized spacial score (nSPS) is 11.0. The van der Waals surface area contributed by atoms with Crippen LogP contribution < -0.4 is 0 Å². The summed E-state index contributed by atoms with van der Waals surface area (Å²) in [6.07, 6.45) is 1.94. The van der Waals surface area contributed by atoms with Crippen LogP contribution in [-0.2, 0) is 0 Å². The Morgan fingerprint density at radius 2 is 1.23 bits per heavy atom. The van der Waals surface area contributed by atoms with E-state index < -0.39 is 0 Å². The summed E-state index contributed by atoms with van der Waals surface area (Å²) in [7, 11) is 0. The Hall–Kier alpha value is -2.40. The highest BCUT2D eigenvalue weighted by Gasteiger charge is 2.21. The first-order chi connectivity index (χ1) is 10.5. The van der Waals surface area contributed by atoms with Gasteiger partial charge in [-0.1, -0.05) is 18.6 Å². The molecule has 0 saturated carbocycles. The zero-order valence-electron chi connectivity index (χ0n) is 12.1. The first-order valence-corrected chi connectivity index (χ1v) is 7.17. The molecule has 0 fully saturated rings. The first-order valence-electron chi connectivity index (χ1n) is 7.17. The molecule has 2 rings (SSSR count). The van der Waals surface area contributed by atoms with Crippen molar-refractivity contribution in [1.29, 1.82) is 0 Å². The Morgan fingerprint density at radius 1 is 0.727 bits per heavy atom. The number of unbranched alkanes of at least 4 members (excludes halogenated alkanes) is 1. The van der Waals surface area contributed by atoms with Gasteiger partial charge in [0.15, 0.2) is 0 Å². The van der Waals surface area contributed by atoms with E-state index in [1.54, 1.807) is 12.1 Å². The molecule has 0 saturated heterocycles. The van der Waals surface area contributed by atoms with E-state index in [2.05, 4.69) is 0 Å². The monoisotopic (exact) mass is 304 g/mol. The number of hydrogen-bond donors (Lipinski definition) is 5. The third-order valence-corrected chi connectivity index (χ3v) is 3.68. The Balaban J connectivity index is 2.41. The second-order valence-electron chi connectivity index (χ2n) is 5.26. The minimum Gasteiger partial charge on any atom is -0.508 e. The summed E-state index contributed by atoms with van der Waals surface area (Å²) in [6, 6.07) is 8.69. The highest BCUT2D eigenvalue weighted by Crippen LogP contribution is 2.40.